The number of cyclic esters (lactones) is 1. The number of benzene rings is 2. The minimum atomic E-state index is -2.76. The van der Waals surface area contributed by atoms with Crippen LogP contribution in [0.5, 0.6) is 17.2 Å². The fraction of sp³-hybridized carbons (Fsp3) is 0.364. The van der Waals surface area contributed by atoms with E-state index in [0.717, 1.165) is 0 Å². The number of carbonyl (C=O) groups excluding carboxylic acids is 2. The van der Waals surface area contributed by atoms with Crippen LogP contribution in [0.4, 0.5) is 0 Å². The summed E-state index contributed by atoms with van der Waals surface area (Å²) in [7, 11) is -0.0569. The van der Waals surface area contributed by atoms with E-state index in [0.29, 0.717) is 35.1 Å². The second-order valence-electron chi connectivity index (χ2n) is 7.08. The highest BCUT2D eigenvalue weighted by Gasteiger charge is 2.52. The predicted octanol–water partition coefficient (Wildman–Crippen LogP) is 3.37. The van der Waals surface area contributed by atoms with E-state index in [1.165, 1.54) is 14.2 Å². The summed E-state index contributed by atoms with van der Waals surface area (Å²) in [6, 6.07) is 8.42. The highest BCUT2D eigenvalue weighted by atomic mass is 16.5. The third-order valence-corrected chi connectivity index (χ3v) is 5.36. The third kappa shape index (κ3) is 3.26. The summed E-state index contributed by atoms with van der Waals surface area (Å²) in [5.41, 5.74) is 1.60. The van der Waals surface area contributed by atoms with Crippen LogP contribution in [0.15, 0.2) is 30.3 Å². The zero-order chi connectivity index (χ0) is 23.1. The Morgan fingerprint density at radius 1 is 1.14 bits per heavy atom. The summed E-state index contributed by atoms with van der Waals surface area (Å²) in [6.45, 7) is 0.141. The largest absolute Gasteiger partial charge is 0.493 e. The van der Waals surface area contributed by atoms with Gasteiger partial charge in [-0.15, -0.1) is 0 Å². The third-order valence-electron chi connectivity index (χ3n) is 5.36. The number of hydrogen-bond acceptors (Lipinski definition) is 7. The lowest BCUT2D eigenvalue weighted by Gasteiger charge is -2.20. The van der Waals surface area contributed by atoms with Crippen LogP contribution in [-0.4, -0.2) is 39.8 Å². The molecule has 1 heterocycles. The number of ether oxygens (including phenoxy) is 5. The highest BCUT2D eigenvalue weighted by molar-refractivity contribution is 5.94. The number of rotatable bonds is 7. The normalized spacial score (nSPS) is 17.9. The molecule has 1 saturated carbocycles. The van der Waals surface area contributed by atoms with Crippen molar-refractivity contribution in [3.05, 3.63) is 41.5 Å². The quantitative estimate of drug-likeness (QED) is 0.658. The summed E-state index contributed by atoms with van der Waals surface area (Å²) in [4.78, 5) is 24.0. The van der Waals surface area contributed by atoms with E-state index in [9.17, 15) is 9.59 Å². The van der Waals surface area contributed by atoms with Crippen LogP contribution in [0.2, 0.25) is 0 Å². The maximum Gasteiger partial charge on any atom is 0.338 e. The van der Waals surface area contributed by atoms with E-state index in [4.69, 9.17) is 27.8 Å². The Bertz CT molecular complexity index is 1070. The molecule has 1 aliphatic heterocycles. The molecular weight excluding hydrogens is 376 g/mol. The van der Waals surface area contributed by atoms with E-state index in [1.54, 1.807) is 30.3 Å². The van der Waals surface area contributed by atoms with Crippen LogP contribution in [0.1, 0.15) is 32.9 Å². The van der Waals surface area contributed by atoms with Gasteiger partial charge in [0.15, 0.2) is 11.5 Å². The second-order valence-corrected chi connectivity index (χ2v) is 7.08. The molecule has 1 aliphatic carbocycles. The standard InChI is InChI=1S/C22H22O7/c1-25-17-7-6-15(13-4-5-16-14(10-13)11-28-20(16)23)18(19(17)26-2)29-12-22(8-9-22)21(24)27-3/h4-7,10H,8-9,11-12H2,1-3H3/i2D3. The van der Waals surface area contributed by atoms with Gasteiger partial charge < -0.3 is 23.7 Å². The molecule has 4 rings (SSSR count). The van der Waals surface area contributed by atoms with Gasteiger partial charge in [-0.1, -0.05) is 6.07 Å². The molecule has 152 valence electrons. The summed E-state index contributed by atoms with van der Waals surface area (Å²) in [6.07, 6.45) is 1.21. The molecule has 2 aliphatic rings. The van der Waals surface area contributed by atoms with Gasteiger partial charge in [0.2, 0.25) is 5.75 Å². The van der Waals surface area contributed by atoms with Crippen molar-refractivity contribution in [3.8, 4) is 28.4 Å². The molecule has 0 atom stereocenters. The molecule has 0 unspecified atom stereocenters. The van der Waals surface area contributed by atoms with Crippen molar-refractivity contribution in [2.24, 2.45) is 5.41 Å². The molecule has 0 amide bonds. The first-order valence-corrected chi connectivity index (χ1v) is 9.09. The Morgan fingerprint density at radius 2 is 1.93 bits per heavy atom. The molecule has 0 saturated heterocycles. The van der Waals surface area contributed by atoms with Gasteiger partial charge in [0, 0.05) is 11.1 Å². The van der Waals surface area contributed by atoms with Gasteiger partial charge in [-0.2, -0.15) is 0 Å². The number of esters is 2. The summed E-state index contributed by atoms with van der Waals surface area (Å²) in [5, 5.41) is 0. The highest BCUT2D eigenvalue weighted by Crippen LogP contribution is 2.50. The van der Waals surface area contributed by atoms with Crippen molar-refractivity contribution in [1.82, 2.24) is 0 Å². The van der Waals surface area contributed by atoms with Crippen LogP contribution in [0, 0.1) is 5.41 Å². The molecule has 0 bridgehead atoms. The predicted molar refractivity (Wildman–Crippen MR) is 103 cm³/mol. The Balaban J connectivity index is 1.79. The summed E-state index contributed by atoms with van der Waals surface area (Å²) >= 11 is 0. The monoisotopic (exact) mass is 401 g/mol. The first kappa shape index (κ1) is 15.7. The van der Waals surface area contributed by atoms with Crippen LogP contribution in [0.25, 0.3) is 11.1 Å². The first-order valence-electron chi connectivity index (χ1n) is 10.6. The average Bonchev–Trinajstić information content (AvgIpc) is 3.47. The molecule has 0 spiro atoms. The Morgan fingerprint density at radius 3 is 2.62 bits per heavy atom. The average molecular weight is 401 g/mol. The molecule has 7 heteroatoms. The van der Waals surface area contributed by atoms with Crippen LogP contribution >= 0.6 is 0 Å². The summed E-state index contributed by atoms with van der Waals surface area (Å²) < 4.78 is 49.3. The van der Waals surface area contributed by atoms with Gasteiger partial charge in [-0.25, -0.2) is 4.79 Å². The van der Waals surface area contributed by atoms with Crippen LogP contribution < -0.4 is 14.2 Å². The van der Waals surface area contributed by atoms with Gasteiger partial charge in [0.1, 0.15) is 18.6 Å². The van der Waals surface area contributed by atoms with Crippen molar-refractivity contribution in [2.45, 2.75) is 19.4 Å². The van der Waals surface area contributed by atoms with Gasteiger partial charge in [-0.3, -0.25) is 4.79 Å². The lowest BCUT2D eigenvalue weighted by atomic mass is 9.99. The minimum absolute atomic E-state index is 0.0102. The first-order chi connectivity index (χ1) is 15.2. The fourth-order valence-corrected chi connectivity index (χ4v) is 3.46. The zero-order valence-electron chi connectivity index (χ0n) is 19.1. The van der Waals surface area contributed by atoms with Crippen molar-refractivity contribution >= 4 is 11.9 Å². The molecule has 2 aromatic carbocycles. The molecular formula is C22H22O7. The maximum atomic E-state index is 12.2. The van der Waals surface area contributed by atoms with Crippen molar-refractivity contribution in [2.75, 3.05) is 27.9 Å². The number of carbonyl (C=O) groups is 2. The number of hydrogen-bond donors (Lipinski definition) is 0. The molecule has 7 nitrogen and oxygen atoms in total. The molecule has 29 heavy (non-hydrogen) atoms. The Kier molecular flexibility index (Phi) is 3.95. The SMILES string of the molecule is [2H]C([2H])([2H])Oc1c(OC)ccc(-c2ccc3c(c2)COC3=O)c1OCC1(C(=O)OC)CC1. The lowest BCUT2D eigenvalue weighted by Crippen LogP contribution is -2.25. The maximum absolute atomic E-state index is 12.2. The Labute approximate surface area is 172 Å². The van der Waals surface area contributed by atoms with Crippen LogP contribution in [-0.2, 0) is 20.9 Å². The van der Waals surface area contributed by atoms with Gasteiger partial charge in [-0.05, 0) is 42.7 Å². The van der Waals surface area contributed by atoms with Crippen molar-refractivity contribution in [3.63, 3.8) is 0 Å². The van der Waals surface area contributed by atoms with Gasteiger partial charge in [0.25, 0.3) is 0 Å². The van der Waals surface area contributed by atoms with Gasteiger partial charge >= 0.3 is 11.9 Å². The van der Waals surface area contributed by atoms with Crippen molar-refractivity contribution in [1.29, 1.82) is 0 Å². The summed E-state index contributed by atoms with van der Waals surface area (Å²) in [5.74, 6) is -0.576. The minimum Gasteiger partial charge on any atom is -0.493 e. The van der Waals surface area contributed by atoms with Gasteiger partial charge in [0.05, 0.1) is 30.9 Å². The molecule has 0 radical (unpaired) electrons. The van der Waals surface area contributed by atoms with E-state index in [1.807, 2.05) is 0 Å². The van der Waals surface area contributed by atoms with E-state index >= 15 is 0 Å². The topological polar surface area (TPSA) is 80.3 Å². The number of fused-ring (bicyclic) bond motifs is 1. The smallest absolute Gasteiger partial charge is 0.338 e. The molecule has 1 fully saturated rings. The molecule has 0 aromatic heterocycles. The zero-order valence-corrected chi connectivity index (χ0v) is 16.1. The van der Waals surface area contributed by atoms with E-state index < -0.39 is 18.4 Å². The van der Waals surface area contributed by atoms with E-state index in [-0.39, 0.29) is 36.4 Å². The van der Waals surface area contributed by atoms with E-state index in [2.05, 4.69) is 0 Å². The number of methoxy groups -OCH3 is 3. The Hall–Kier alpha value is -3.22. The van der Waals surface area contributed by atoms with Crippen LogP contribution in [0.3, 0.4) is 0 Å². The van der Waals surface area contributed by atoms with Crippen molar-refractivity contribution < 1.29 is 37.4 Å². The second kappa shape index (κ2) is 7.31. The molecule has 2 aromatic rings. The lowest BCUT2D eigenvalue weighted by molar-refractivity contribution is -0.148. The fourth-order valence-electron chi connectivity index (χ4n) is 3.46. The molecule has 0 N–H and O–H groups in total.